The zero-order valence-electron chi connectivity index (χ0n) is 12.8. The fraction of sp³-hybridized carbons (Fsp3) is 0.235. The van der Waals surface area contributed by atoms with E-state index in [4.69, 9.17) is 9.47 Å². The van der Waals surface area contributed by atoms with Gasteiger partial charge in [-0.25, -0.2) is 0 Å². The van der Waals surface area contributed by atoms with E-state index in [0.717, 1.165) is 16.9 Å². The number of anilines is 1. The molecule has 0 fully saturated rings. The zero-order chi connectivity index (χ0) is 15.2. The Morgan fingerprint density at radius 1 is 0.905 bits per heavy atom. The minimum Gasteiger partial charge on any atom is -0.493 e. The molecule has 4 nitrogen and oxygen atoms in total. The molecule has 0 N–H and O–H groups in total. The van der Waals surface area contributed by atoms with Crippen molar-refractivity contribution in [2.45, 2.75) is 0 Å². The van der Waals surface area contributed by atoms with E-state index < -0.39 is 0 Å². The van der Waals surface area contributed by atoms with Crippen LogP contribution in [0.3, 0.4) is 0 Å². The second-order valence-corrected chi connectivity index (χ2v) is 4.78. The van der Waals surface area contributed by atoms with Crippen molar-refractivity contribution < 1.29 is 9.47 Å². The fourth-order valence-corrected chi connectivity index (χ4v) is 1.92. The summed E-state index contributed by atoms with van der Waals surface area (Å²) in [5.41, 5.74) is 3.03. The lowest BCUT2D eigenvalue weighted by atomic mass is 10.2. The number of aliphatic imine (C=N–C) groups is 1. The summed E-state index contributed by atoms with van der Waals surface area (Å²) in [6.07, 6.45) is 1.81. The molecule has 2 rings (SSSR count). The van der Waals surface area contributed by atoms with Crippen molar-refractivity contribution in [1.82, 2.24) is 0 Å². The van der Waals surface area contributed by atoms with E-state index in [0.29, 0.717) is 11.5 Å². The van der Waals surface area contributed by atoms with Gasteiger partial charge in [-0.3, -0.25) is 4.99 Å². The molecule has 0 bridgehead atoms. The second-order valence-electron chi connectivity index (χ2n) is 4.78. The number of benzene rings is 2. The monoisotopic (exact) mass is 284 g/mol. The summed E-state index contributed by atoms with van der Waals surface area (Å²) < 4.78 is 10.5. The Morgan fingerprint density at radius 3 is 2.14 bits per heavy atom. The molecular weight excluding hydrogens is 264 g/mol. The van der Waals surface area contributed by atoms with Crippen LogP contribution in [0.25, 0.3) is 0 Å². The fourth-order valence-electron chi connectivity index (χ4n) is 1.92. The quantitative estimate of drug-likeness (QED) is 0.788. The minimum atomic E-state index is 0.699. The van der Waals surface area contributed by atoms with E-state index in [9.17, 15) is 0 Å². The van der Waals surface area contributed by atoms with Crippen LogP contribution in [0.5, 0.6) is 11.5 Å². The number of hydrogen-bond acceptors (Lipinski definition) is 4. The second kappa shape index (κ2) is 6.79. The van der Waals surface area contributed by atoms with Crippen molar-refractivity contribution in [3.05, 3.63) is 48.0 Å². The van der Waals surface area contributed by atoms with Gasteiger partial charge in [-0.1, -0.05) is 0 Å². The molecule has 0 saturated heterocycles. The van der Waals surface area contributed by atoms with Gasteiger partial charge in [0.25, 0.3) is 0 Å². The van der Waals surface area contributed by atoms with Gasteiger partial charge in [0.15, 0.2) is 11.5 Å². The molecule has 0 atom stereocenters. The van der Waals surface area contributed by atoms with Crippen LogP contribution in [0.2, 0.25) is 0 Å². The van der Waals surface area contributed by atoms with Crippen molar-refractivity contribution in [3.63, 3.8) is 0 Å². The molecule has 0 aliphatic carbocycles. The third-order valence-electron chi connectivity index (χ3n) is 3.14. The van der Waals surface area contributed by atoms with E-state index in [-0.39, 0.29) is 0 Å². The van der Waals surface area contributed by atoms with Gasteiger partial charge in [0, 0.05) is 26.0 Å². The zero-order valence-corrected chi connectivity index (χ0v) is 12.8. The van der Waals surface area contributed by atoms with Crippen molar-refractivity contribution in [2.24, 2.45) is 4.99 Å². The van der Waals surface area contributed by atoms with Crippen LogP contribution in [0.1, 0.15) is 5.56 Å². The number of rotatable bonds is 5. The summed E-state index contributed by atoms with van der Waals surface area (Å²) in [4.78, 5) is 6.53. The van der Waals surface area contributed by atoms with Gasteiger partial charge in [0.2, 0.25) is 0 Å². The Labute approximate surface area is 125 Å². The Balaban J connectivity index is 2.17. The topological polar surface area (TPSA) is 34.1 Å². The van der Waals surface area contributed by atoms with Crippen molar-refractivity contribution in [1.29, 1.82) is 0 Å². The van der Waals surface area contributed by atoms with Gasteiger partial charge in [0.05, 0.1) is 19.9 Å². The smallest absolute Gasteiger partial charge is 0.161 e. The van der Waals surface area contributed by atoms with Crippen LogP contribution >= 0.6 is 0 Å². The first-order valence-corrected chi connectivity index (χ1v) is 6.67. The Hall–Kier alpha value is -2.49. The lowest BCUT2D eigenvalue weighted by molar-refractivity contribution is 0.355. The third kappa shape index (κ3) is 3.75. The number of methoxy groups -OCH3 is 2. The highest BCUT2D eigenvalue weighted by Crippen LogP contribution is 2.27. The molecule has 2 aromatic rings. The van der Waals surface area contributed by atoms with Gasteiger partial charge < -0.3 is 14.4 Å². The first-order valence-electron chi connectivity index (χ1n) is 6.67. The lowest BCUT2D eigenvalue weighted by Crippen LogP contribution is -2.07. The molecule has 2 aromatic carbocycles. The summed E-state index contributed by atoms with van der Waals surface area (Å²) in [5.74, 6) is 1.41. The predicted octanol–water partition coefficient (Wildman–Crippen LogP) is 3.52. The van der Waals surface area contributed by atoms with Crippen LogP contribution < -0.4 is 14.4 Å². The number of nitrogens with zero attached hydrogens (tertiary/aromatic N) is 2. The van der Waals surface area contributed by atoms with Crippen LogP contribution in [-0.4, -0.2) is 34.5 Å². The van der Waals surface area contributed by atoms with E-state index in [1.165, 1.54) is 0 Å². The van der Waals surface area contributed by atoms with Gasteiger partial charge in [0.1, 0.15) is 0 Å². The molecule has 0 radical (unpaired) electrons. The predicted molar refractivity (Wildman–Crippen MR) is 87.6 cm³/mol. The normalized spacial score (nSPS) is 10.7. The average molecular weight is 284 g/mol. The van der Waals surface area contributed by atoms with Crippen molar-refractivity contribution in [2.75, 3.05) is 33.2 Å². The first-order chi connectivity index (χ1) is 10.1. The highest BCUT2D eigenvalue weighted by molar-refractivity contribution is 5.83. The Kier molecular flexibility index (Phi) is 4.82. The molecule has 0 heterocycles. The molecule has 0 aromatic heterocycles. The van der Waals surface area contributed by atoms with Crippen LogP contribution in [0.4, 0.5) is 11.4 Å². The average Bonchev–Trinajstić information content (AvgIpc) is 2.52. The highest BCUT2D eigenvalue weighted by atomic mass is 16.5. The van der Waals surface area contributed by atoms with E-state index in [2.05, 4.69) is 9.89 Å². The molecular formula is C17H20N2O2. The van der Waals surface area contributed by atoms with Crippen LogP contribution in [-0.2, 0) is 0 Å². The van der Waals surface area contributed by atoms with E-state index in [1.807, 2.05) is 62.8 Å². The molecule has 0 spiro atoms. The summed E-state index contributed by atoms with van der Waals surface area (Å²) in [6, 6.07) is 13.8. The van der Waals surface area contributed by atoms with Gasteiger partial charge >= 0.3 is 0 Å². The first kappa shape index (κ1) is 14.9. The summed E-state index contributed by atoms with van der Waals surface area (Å²) >= 11 is 0. The number of hydrogen-bond donors (Lipinski definition) is 0. The SMILES string of the molecule is COc1ccc(C=Nc2ccc(N(C)C)cc2)cc1OC. The molecule has 0 unspecified atom stereocenters. The van der Waals surface area contributed by atoms with Gasteiger partial charge in [-0.05, 0) is 48.0 Å². The lowest BCUT2D eigenvalue weighted by Gasteiger charge is -2.11. The van der Waals surface area contributed by atoms with E-state index >= 15 is 0 Å². The van der Waals surface area contributed by atoms with Crippen LogP contribution in [0.15, 0.2) is 47.5 Å². The number of ether oxygens (including phenoxy) is 2. The van der Waals surface area contributed by atoms with Crippen LogP contribution in [0, 0.1) is 0 Å². The maximum Gasteiger partial charge on any atom is 0.161 e. The van der Waals surface area contributed by atoms with E-state index in [1.54, 1.807) is 14.2 Å². The maximum atomic E-state index is 5.28. The Bertz CT molecular complexity index is 619. The maximum absolute atomic E-state index is 5.28. The summed E-state index contributed by atoms with van der Waals surface area (Å²) in [6.45, 7) is 0. The molecule has 0 aliphatic rings. The standard InChI is InChI=1S/C17H20N2O2/c1-19(2)15-8-6-14(7-9-15)18-12-13-5-10-16(20-3)17(11-13)21-4/h5-12H,1-4H3. The molecule has 110 valence electrons. The minimum absolute atomic E-state index is 0.699. The molecule has 4 heteroatoms. The summed E-state index contributed by atoms with van der Waals surface area (Å²) in [7, 11) is 7.28. The van der Waals surface area contributed by atoms with Crippen molar-refractivity contribution in [3.8, 4) is 11.5 Å². The van der Waals surface area contributed by atoms with Crippen molar-refractivity contribution >= 4 is 17.6 Å². The molecule has 21 heavy (non-hydrogen) atoms. The molecule has 0 saturated carbocycles. The Morgan fingerprint density at radius 2 is 1.57 bits per heavy atom. The van der Waals surface area contributed by atoms with Gasteiger partial charge in [-0.15, -0.1) is 0 Å². The highest BCUT2D eigenvalue weighted by Gasteiger charge is 2.03. The molecule has 0 aliphatic heterocycles. The largest absolute Gasteiger partial charge is 0.493 e. The third-order valence-corrected chi connectivity index (χ3v) is 3.14. The van der Waals surface area contributed by atoms with Gasteiger partial charge in [-0.2, -0.15) is 0 Å². The summed E-state index contributed by atoms with van der Waals surface area (Å²) in [5, 5.41) is 0. The molecule has 0 amide bonds.